The van der Waals surface area contributed by atoms with E-state index in [1.807, 2.05) is 18.0 Å². The zero-order valence-electron chi connectivity index (χ0n) is 26.9. The highest BCUT2D eigenvalue weighted by atomic mass is 16.6. The molecule has 1 aliphatic heterocycles. The minimum atomic E-state index is -1.49. The van der Waals surface area contributed by atoms with Gasteiger partial charge in [-0.1, -0.05) is 30.3 Å². The van der Waals surface area contributed by atoms with E-state index >= 15 is 0 Å². The highest BCUT2D eigenvalue weighted by molar-refractivity contribution is 5.96. The van der Waals surface area contributed by atoms with E-state index in [9.17, 15) is 24.0 Å². The maximum Gasteiger partial charge on any atom is 0.408 e. The van der Waals surface area contributed by atoms with Crippen molar-refractivity contribution >= 4 is 30.2 Å². The van der Waals surface area contributed by atoms with Crippen LogP contribution < -0.4 is 16.0 Å². The van der Waals surface area contributed by atoms with Crippen molar-refractivity contribution in [2.24, 2.45) is 0 Å². The predicted molar refractivity (Wildman–Crippen MR) is 162 cm³/mol. The first kappa shape index (κ1) is 36.3. The van der Waals surface area contributed by atoms with Crippen LogP contribution in [0.2, 0.25) is 0 Å². The first-order valence-electron chi connectivity index (χ1n) is 14.9. The Labute approximate surface area is 259 Å². The molecule has 3 N–H and O–H groups in total. The number of carbonyl (C=O) groups is 5. The van der Waals surface area contributed by atoms with Gasteiger partial charge in [-0.25, -0.2) is 24.0 Å². The third-order valence-corrected chi connectivity index (χ3v) is 6.54. The number of likely N-dealkylation sites (tertiary alicyclic amines) is 1. The molecule has 2 rings (SSSR count). The molecule has 0 bridgehead atoms. The molecule has 1 saturated heterocycles. The smallest absolute Gasteiger partial charge is 0.408 e. The summed E-state index contributed by atoms with van der Waals surface area (Å²) < 4.78 is 21.2. The number of alkyl carbamates (subject to hydrolysis) is 3. The lowest BCUT2D eigenvalue weighted by molar-refractivity contribution is -0.167. The Morgan fingerprint density at radius 2 is 1.45 bits per heavy atom. The topological polar surface area (TPSA) is 162 Å². The molecular formula is C31H48N4O9. The molecule has 13 heteroatoms. The van der Waals surface area contributed by atoms with E-state index < -0.39 is 53.0 Å². The van der Waals surface area contributed by atoms with E-state index in [-0.39, 0.29) is 32.4 Å². The lowest BCUT2D eigenvalue weighted by Crippen LogP contribution is -2.61. The zero-order valence-corrected chi connectivity index (χ0v) is 26.9. The molecule has 3 amide bonds. The fourth-order valence-corrected chi connectivity index (χ4v) is 4.27. The second-order valence-electron chi connectivity index (χ2n) is 12.9. The molecule has 0 aliphatic carbocycles. The van der Waals surface area contributed by atoms with Gasteiger partial charge < -0.3 is 39.8 Å². The number of hydrogen-bond acceptors (Lipinski definition) is 10. The first-order chi connectivity index (χ1) is 20.5. The number of esters is 2. The molecule has 1 aliphatic rings. The summed E-state index contributed by atoms with van der Waals surface area (Å²) in [5, 5.41) is 7.78. The van der Waals surface area contributed by atoms with Crippen molar-refractivity contribution in [1.29, 1.82) is 0 Å². The van der Waals surface area contributed by atoms with E-state index in [2.05, 4.69) is 16.0 Å². The maximum absolute atomic E-state index is 13.5. The van der Waals surface area contributed by atoms with Gasteiger partial charge in [0.05, 0.1) is 0 Å². The molecule has 0 radical (unpaired) electrons. The number of piperidine rings is 1. The molecule has 1 aromatic rings. The molecule has 246 valence electrons. The Hall–Kier alpha value is -3.87. The number of amides is 3. The zero-order chi connectivity index (χ0) is 33.0. The van der Waals surface area contributed by atoms with Crippen molar-refractivity contribution in [2.45, 2.75) is 103 Å². The molecule has 1 aromatic carbocycles. The van der Waals surface area contributed by atoms with Gasteiger partial charge in [-0.3, -0.25) is 0 Å². The van der Waals surface area contributed by atoms with Crippen LogP contribution in [-0.2, 0) is 35.1 Å². The van der Waals surface area contributed by atoms with Gasteiger partial charge in [-0.05, 0) is 86.3 Å². The fraction of sp³-hybridized carbons (Fsp3) is 0.645. The first-order valence-corrected chi connectivity index (χ1v) is 14.9. The van der Waals surface area contributed by atoms with Crippen molar-refractivity contribution in [2.75, 3.05) is 26.7 Å². The van der Waals surface area contributed by atoms with Crippen LogP contribution in [-0.4, -0.2) is 84.6 Å². The summed E-state index contributed by atoms with van der Waals surface area (Å²) in [6.07, 6.45) is -0.910. The summed E-state index contributed by atoms with van der Waals surface area (Å²) in [5.41, 5.74) is -2.18. The van der Waals surface area contributed by atoms with Gasteiger partial charge in [0.15, 0.2) is 0 Å². The van der Waals surface area contributed by atoms with Crippen LogP contribution in [0.5, 0.6) is 0 Å². The van der Waals surface area contributed by atoms with Gasteiger partial charge in [0.1, 0.15) is 29.4 Å². The molecule has 1 heterocycles. The summed E-state index contributed by atoms with van der Waals surface area (Å²) in [5.74, 6) is -1.92. The normalized spacial score (nSPS) is 15.7. The number of nitrogens with one attached hydrogen (secondary N) is 3. The Morgan fingerprint density at radius 3 is 2.05 bits per heavy atom. The van der Waals surface area contributed by atoms with Gasteiger partial charge in [-0.15, -0.1) is 0 Å². The Morgan fingerprint density at radius 1 is 0.864 bits per heavy atom. The second kappa shape index (κ2) is 16.3. The van der Waals surface area contributed by atoms with E-state index in [0.29, 0.717) is 25.9 Å². The van der Waals surface area contributed by atoms with Crippen molar-refractivity contribution in [3.63, 3.8) is 0 Å². The lowest BCUT2D eigenvalue weighted by Gasteiger charge is -2.39. The van der Waals surface area contributed by atoms with Gasteiger partial charge in [0.25, 0.3) is 0 Å². The molecule has 44 heavy (non-hydrogen) atoms. The van der Waals surface area contributed by atoms with Crippen LogP contribution >= 0.6 is 0 Å². The van der Waals surface area contributed by atoms with Gasteiger partial charge in [0.2, 0.25) is 0 Å². The summed E-state index contributed by atoms with van der Waals surface area (Å²) in [4.78, 5) is 65.9. The Kier molecular flexibility index (Phi) is 13.4. The Bertz CT molecular complexity index is 1120. The van der Waals surface area contributed by atoms with Crippen LogP contribution in [0.3, 0.4) is 0 Å². The monoisotopic (exact) mass is 620 g/mol. The SMILES string of the molecule is CN1CCC(NC(=O)OC(C)(C)C)(C(=O)OC(=O)[C@@H](CCCCNC(=O)OC(C)(C)C)NC(=O)OCc2ccccc2)CC1. The maximum atomic E-state index is 13.5. The van der Waals surface area contributed by atoms with Gasteiger partial charge >= 0.3 is 30.2 Å². The summed E-state index contributed by atoms with van der Waals surface area (Å²) >= 11 is 0. The molecule has 0 unspecified atom stereocenters. The lowest BCUT2D eigenvalue weighted by atomic mass is 9.87. The van der Waals surface area contributed by atoms with E-state index in [1.165, 1.54) is 0 Å². The number of rotatable bonds is 11. The van der Waals surface area contributed by atoms with Crippen LogP contribution in [0.1, 0.15) is 79.2 Å². The Balaban J connectivity index is 2.08. The van der Waals surface area contributed by atoms with Crippen LogP contribution in [0.15, 0.2) is 30.3 Å². The number of carbonyl (C=O) groups excluding carboxylic acids is 5. The number of ether oxygens (including phenoxy) is 4. The quantitative estimate of drug-likeness (QED) is 0.143. The average molecular weight is 621 g/mol. The molecule has 1 atom stereocenters. The predicted octanol–water partition coefficient (Wildman–Crippen LogP) is 4.04. The minimum Gasteiger partial charge on any atom is -0.445 e. The molecule has 0 spiro atoms. The van der Waals surface area contributed by atoms with E-state index in [1.54, 1.807) is 65.8 Å². The standard InChI is InChI=1S/C31H48N4O9/c1-29(2,3)43-26(38)32-18-12-11-15-23(33-27(39)41-21-22-13-9-8-10-14-22)24(36)42-25(37)31(16-19-35(7)20-17-31)34-28(40)44-30(4,5)6/h8-10,13-14,23H,11-12,15-21H2,1-7H3,(H,32,38)(H,33,39)(H,34,40)/t23-/m1/s1. The number of nitrogens with zero attached hydrogens (tertiary/aromatic N) is 1. The minimum absolute atomic E-state index is 0.0242. The van der Waals surface area contributed by atoms with Crippen LogP contribution in [0, 0.1) is 0 Å². The van der Waals surface area contributed by atoms with Crippen molar-refractivity contribution in [1.82, 2.24) is 20.9 Å². The highest BCUT2D eigenvalue weighted by Crippen LogP contribution is 2.25. The number of unbranched alkanes of at least 4 members (excludes halogenated alkanes) is 1. The van der Waals surface area contributed by atoms with Gasteiger partial charge in [0, 0.05) is 19.6 Å². The summed E-state index contributed by atoms with van der Waals surface area (Å²) in [6, 6.07) is 7.78. The third-order valence-electron chi connectivity index (χ3n) is 6.54. The van der Waals surface area contributed by atoms with Crippen molar-refractivity contribution < 1.29 is 42.9 Å². The number of hydrogen-bond donors (Lipinski definition) is 3. The number of benzene rings is 1. The highest BCUT2D eigenvalue weighted by Gasteiger charge is 2.46. The molecular weight excluding hydrogens is 572 g/mol. The van der Waals surface area contributed by atoms with Gasteiger partial charge in [-0.2, -0.15) is 0 Å². The summed E-state index contributed by atoms with van der Waals surface area (Å²) in [6.45, 7) is 11.6. The van der Waals surface area contributed by atoms with E-state index in [0.717, 1.165) is 5.56 Å². The third kappa shape index (κ3) is 13.6. The van der Waals surface area contributed by atoms with Crippen LogP contribution in [0.4, 0.5) is 14.4 Å². The van der Waals surface area contributed by atoms with E-state index in [4.69, 9.17) is 18.9 Å². The van der Waals surface area contributed by atoms with Crippen molar-refractivity contribution in [3.05, 3.63) is 35.9 Å². The van der Waals surface area contributed by atoms with Crippen LogP contribution in [0.25, 0.3) is 0 Å². The summed E-state index contributed by atoms with van der Waals surface area (Å²) in [7, 11) is 1.88. The molecule has 0 saturated carbocycles. The average Bonchev–Trinajstić information content (AvgIpc) is 2.91. The molecule has 0 aromatic heterocycles. The largest absolute Gasteiger partial charge is 0.445 e. The molecule has 13 nitrogen and oxygen atoms in total. The van der Waals surface area contributed by atoms with Crippen molar-refractivity contribution in [3.8, 4) is 0 Å². The fourth-order valence-electron chi connectivity index (χ4n) is 4.27. The molecule has 1 fully saturated rings. The second-order valence-corrected chi connectivity index (χ2v) is 12.9.